The maximum atomic E-state index is 13.3. The summed E-state index contributed by atoms with van der Waals surface area (Å²) < 4.78 is 19.3. The van der Waals surface area contributed by atoms with Gasteiger partial charge in [0.25, 0.3) is 5.91 Å². The third kappa shape index (κ3) is 5.63. The van der Waals surface area contributed by atoms with Crippen LogP contribution in [0.2, 0.25) is 0 Å². The molecular weight excluding hydrogens is 463 g/mol. The van der Waals surface area contributed by atoms with Crippen molar-refractivity contribution in [3.63, 3.8) is 0 Å². The van der Waals surface area contributed by atoms with Gasteiger partial charge in [0.15, 0.2) is 0 Å². The average molecular weight is 495 g/mol. The van der Waals surface area contributed by atoms with Crippen LogP contribution < -0.4 is 20.9 Å². The Bertz CT molecular complexity index is 1210. The van der Waals surface area contributed by atoms with Gasteiger partial charge in [0.2, 0.25) is 5.91 Å². The van der Waals surface area contributed by atoms with E-state index in [1.165, 1.54) is 0 Å². The summed E-state index contributed by atoms with van der Waals surface area (Å²) >= 11 is 0. The first-order valence-corrected chi connectivity index (χ1v) is 12.1. The number of carbonyl (C=O) groups is 2. The van der Waals surface area contributed by atoms with Gasteiger partial charge < -0.3 is 15.4 Å². The topological polar surface area (TPSA) is 113 Å². The molecule has 0 radical (unpaired) electrons. The van der Waals surface area contributed by atoms with Crippen LogP contribution in [0, 0.1) is 12.8 Å². The Hall–Kier alpha value is -3.56. The summed E-state index contributed by atoms with van der Waals surface area (Å²) in [6.07, 6.45) is 0.789. The van der Waals surface area contributed by atoms with Gasteiger partial charge in [-0.15, -0.1) is 0 Å². The molecule has 1 atom stereocenters. The molecule has 9 heteroatoms. The Morgan fingerprint density at radius 2 is 1.89 bits per heavy atom. The minimum absolute atomic E-state index is 0.0946. The normalized spacial score (nSPS) is 15.8. The van der Waals surface area contributed by atoms with Gasteiger partial charge in [0.05, 0.1) is 23.6 Å². The number of rotatable bonds is 9. The largest absolute Gasteiger partial charge is 0.489 e. The molecule has 0 saturated carbocycles. The van der Waals surface area contributed by atoms with Gasteiger partial charge in [-0.3, -0.25) is 24.2 Å². The Morgan fingerprint density at radius 1 is 1.17 bits per heavy atom. The van der Waals surface area contributed by atoms with Gasteiger partial charge in [-0.25, -0.2) is 5.48 Å². The predicted molar refractivity (Wildman–Crippen MR) is 134 cm³/mol. The Kier molecular flexibility index (Phi) is 8.12. The van der Waals surface area contributed by atoms with E-state index >= 15 is 0 Å². The number of fused-ring (bicyclic) bond motifs is 1. The molecule has 0 bridgehead atoms. The molecule has 0 spiro atoms. The number of hydroxylamine groups is 1. The lowest BCUT2D eigenvalue weighted by Gasteiger charge is -2.43. The summed E-state index contributed by atoms with van der Waals surface area (Å²) in [5.41, 5.74) is 3.92. The van der Waals surface area contributed by atoms with Crippen molar-refractivity contribution in [2.45, 2.75) is 38.3 Å². The number of aryl methyl sites for hydroxylation is 1. The van der Waals surface area contributed by atoms with Crippen LogP contribution in [-0.2, 0) is 11.4 Å². The van der Waals surface area contributed by atoms with E-state index in [1.54, 1.807) is 29.7 Å². The number of aromatic nitrogens is 1. The molecule has 36 heavy (non-hydrogen) atoms. The fraction of sp³-hybridized carbons (Fsp3) is 0.370. The number of carbonyl (C=O) groups excluding carboxylic acids is 2. The molecule has 1 saturated heterocycles. The van der Waals surface area contributed by atoms with Crippen molar-refractivity contribution in [3.05, 3.63) is 71.4 Å². The third-order valence-corrected chi connectivity index (χ3v) is 6.79. The molecule has 2 aromatic carbocycles. The first-order valence-electron chi connectivity index (χ1n) is 12.1. The standard InChI is InChI=1S/C27H31FN4O4/c1-18-16-20(22-4-2-3-5-24(22)30-18)17-36-21-8-6-19(7-9-21)25(33)31-27(11-14-29-15-12-27)23(10-13-28)26(34)32-35/h2-9,16,23,29,35H,10-15,17H2,1H3,(H,31,33)(H,32,34). The molecule has 1 aliphatic heterocycles. The summed E-state index contributed by atoms with van der Waals surface area (Å²) in [7, 11) is 0. The first-order chi connectivity index (χ1) is 17.5. The van der Waals surface area contributed by atoms with Crippen molar-refractivity contribution >= 4 is 22.7 Å². The Balaban J connectivity index is 1.47. The number of amides is 2. The van der Waals surface area contributed by atoms with Crippen molar-refractivity contribution in [2.75, 3.05) is 19.8 Å². The zero-order valence-electron chi connectivity index (χ0n) is 20.2. The molecule has 0 aliphatic carbocycles. The van der Waals surface area contributed by atoms with Crippen molar-refractivity contribution < 1.29 is 23.9 Å². The molecule has 1 aromatic heterocycles. The van der Waals surface area contributed by atoms with Gasteiger partial charge in [-0.2, -0.15) is 0 Å². The van der Waals surface area contributed by atoms with Crippen molar-refractivity contribution in [3.8, 4) is 5.75 Å². The van der Waals surface area contributed by atoms with Crippen LogP contribution in [0.4, 0.5) is 4.39 Å². The Labute approximate surface area is 209 Å². The van der Waals surface area contributed by atoms with E-state index in [1.807, 2.05) is 37.3 Å². The number of ether oxygens (including phenoxy) is 1. The summed E-state index contributed by atoms with van der Waals surface area (Å²) in [6, 6.07) is 16.7. The molecule has 3 aromatic rings. The van der Waals surface area contributed by atoms with E-state index in [2.05, 4.69) is 15.6 Å². The van der Waals surface area contributed by atoms with Gasteiger partial charge in [0, 0.05) is 22.2 Å². The number of para-hydroxylation sites is 1. The number of nitrogens with zero attached hydrogens (tertiary/aromatic N) is 1. The van der Waals surface area contributed by atoms with E-state index in [-0.39, 0.29) is 12.3 Å². The summed E-state index contributed by atoms with van der Waals surface area (Å²) in [4.78, 5) is 30.0. The number of piperidine rings is 1. The average Bonchev–Trinajstić information content (AvgIpc) is 2.90. The molecule has 4 N–H and O–H groups in total. The summed E-state index contributed by atoms with van der Waals surface area (Å²) in [6.45, 7) is 2.70. The molecule has 8 nitrogen and oxygen atoms in total. The highest BCUT2D eigenvalue weighted by Gasteiger charge is 2.44. The molecule has 1 unspecified atom stereocenters. The minimum atomic E-state index is -0.962. The number of nitrogens with one attached hydrogen (secondary N) is 3. The Morgan fingerprint density at radius 3 is 2.58 bits per heavy atom. The second-order valence-electron chi connectivity index (χ2n) is 9.12. The van der Waals surface area contributed by atoms with E-state index in [4.69, 9.17) is 4.74 Å². The second kappa shape index (κ2) is 11.5. The maximum absolute atomic E-state index is 13.3. The smallest absolute Gasteiger partial charge is 0.251 e. The highest BCUT2D eigenvalue weighted by Crippen LogP contribution is 2.31. The minimum Gasteiger partial charge on any atom is -0.489 e. The van der Waals surface area contributed by atoms with Crippen LogP contribution in [0.15, 0.2) is 54.6 Å². The zero-order valence-corrected chi connectivity index (χ0v) is 20.2. The lowest BCUT2D eigenvalue weighted by atomic mass is 9.74. The highest BCUT2D eigenvalue weighted by atomic mass is 19.1. The van der Waals surface area contributed by atoms with E-state index in [0.29, 0.717) is 43.9 Å². The van der Waals surface area contributed by atoms with Gasteiger partial charge in [-0.05, 0) is 75.7 Å². The van der Waals surface area contributed by atoms with E-state index < -0.39 is 24.0 Å². The maximum Gasteiger partial charge on any atom is 0.251 e. The van der Waals surface area contributed by atoms with Crippen molar-refractivity contribution in [1.29, 1.82) is 0 Å². The molecule has 190 valence electrons. The molecule has 2 heterocycles. The van der Waals surface area contributed by atoms with E-state index in [0.717, 1.165) is 22.2 Å². The van der Waals surface area contributed by atoms with Crippen LogP contribution in [0.3, 0.4) is 0 Å². The molecule has 1 fully saturated rings. The summed E-state index contributed by atoms with van der Waals surface area (Å²) in [5.74, 6) is -1.34. The monoisotopic (exact) mass is 494 g/mol. The number of pyridine rings is 1. The number of benzene rings is 2. The van der Waals surface area contributed by atoms with Gasteiger partial charge in [0.1, 0.15) is 12.4 Å². The summed E-state index contributed by atoms with van der Waals surface area (Å²) in [5, 5.41) is 16.4. The highest BCUT2D eigenvalue weighted by molar-refractivity contribution is 5.95. The third-order valence-electron chi connectivity index (χ3n) is 6.79. The second-order valence-corrected chi connectivity index (χ2v) is 9.12. The molecular formula is C27H31FN4O4. The number of hydrogen-bond acceptors (Lipinski definition) is 6. The van der Waals surface area contributed by atoms with Crippen molar-refractivity contribution in [1.82, 2.24) is 21.1 Å². The van der Waals surface area contributed by atoms with Crippen LogP contribution in [-0.4, -0.2) is 47.3 Å². The SMILES string of the molecule is Cc1cc(COc2ccc(C(=O)NC3(C(CCF)C(=O)NO)CCNCC3)cc2)c2ccccc2n1. The lowest BCUT2D eigenvalue weighted by molar-refractivity contribution is -0.137. The van der Waals surface area contributed by atoms with Crippen molar-refractivity contribution in [2.24, 2.45) is 5.92 Å². The fourth-order valence-corrected chi connectivity index (χ4v) is 4.95. The number of hydrogen-bond donors (Lipinski definition) is 4. The van der Waals surface area contributed by atoms with Crippen LogP contribution in [0.1, 0.15) is 40.9 Å². The van der Waals surface area contributed by atoms with Gasteiger partial charge >= 0.3 is 0 Å². The van der Waals surface area contributed by atoms with Crippen LogP contribution in [0.25, 0.3) is 10.9 Å². The number of alkyl halides is 1. The zero-order chi connectivity index (χ0) is 25.5. The molecule has 4 rings (SSSR count). The predicted octanol–water partition coefficient (Wildman–Crippen LogP) is 3.46. The molecule has 1 aliphatic rings. The van der Waals surface area contributed by atoms with Crippen LogP contribution in [0.5, 0.6) is 5.75 Å². The lowest BCUT2D eigenvalue weighted by Crippen LogP contribution is -2.62. The van der Waals surface area contributed by atoms with Gasteiger partial charge in [-0.1, -0.05) is 18.2 Å². The van der Waals surface area contributed by atoms with E-state index in [9.17, 15) is 19.2 Å². The molecule has 2 amide bonds. The fourth-order valence-electron chi connectivity index (χ4n) is 4.95. The number of halogens is 1. The quantitative estimate of drug-likeness (QED) is 0.268. The van der Waals surface area contributed by atoms with Crippen LogP contribution >= 0.6 is 0 Å². The first kappa shape index (κ1) is 25.5.